The molecule has 0 radical (unpaired) electrons. The van der Waals surface area contributed by atoms with E-state index in [1.54, 1.807) is 33.3 Å². The van der Waals surface area contributed by atoms with E-state index in [1.807, 2.05) is 0 Å². The van der Waals surface area contributed by atoms with E-state index in [9.17, 15) is 4.79 Å². The Bertz CT molecular complexity index is 937. The van der Waals surface area contributed by atoms with E-state index in [1.165, 1.54) is 14.6 Å². The van der Waals surface area contributed by atoms with Gasteiger partial charge in [0.15, 0.2) is 5.76 Å². The van der Waals surface area contributed by atoms with Crippen molar-refractivity contribution in [2.24, 2.45) is 0 Å². The van der Waals surface area contributed by atoms with Crippen LogP contribution >= 0.6 is 22.7 Å². The molecule has 0 unspecified atom stereocenters. The van der Waals surface area contributed by atoms with Crippen molar-refractivity contribution in [1.82, 2.24) is 4.57 Å². The third-order valence-corrected chi connectivity index (χ3v) is 5.72. The van der Waals surface area contributed by atoms with Crippen LogP contribution in [-0.2, 0) is 6.54 Å². The zero-order valence-corrected chi connectivity index (χ0v) is 15.4. The van der Waals surface area contributed by atoms with Gasteiger partial charge in [0, 0.05) is 37.2 Å². The number of thiophene rings is 2. The van der Waals surface area contributed by atoms with Crippen molar-refractivity contribution in [2.45, 2.75) is 34.2 Å². The summed E-state index contributed by atoms with van der Waals surface area (Å²) in [6.45, 7) is 12.5. The van der Waals surface area contributed by atoms with E-state index >= 15 is 0 Å². The van der Waals surface area contributed by atoms with E-state index in [0.29, 0.717) is 12.3 Å². The molecule has 0 aromatic carbocycles. The van der Waals surface area contributed by atoms with Crippen LogP contribution in [-0.4, -0.2) is 4.57 Å². The molecule has 0 saturated carbocycles. The zero-order chi connectivity index (χ0) is 16.7. The number of hydrogen-bond donors (Lipinski definition) is 0. The average molecular weight is 345 g/mol. The van der Waals surface area contributed by atoms with Gasteiger partial charge in [0.25, 0.3) is 0 Å². The van der Waals surface area contributed by atoms with Crippen LogP contribution in [0.25, 0.3) is 22.6 Å². The topological polar surface area (TPSA) is 35.1 Å². The molecule has 0 aliphatic carbocycles. The molecule has 3 heterocycles. The molecule has 0 bridgehead atoms. The van der Waals surface area contributed by atoms with E-state index < -0.39 is 0 Å². The Kier molecular flexibility index (Phi) is 4.17. The summed E-state index contributed by atoms with van der Waals surface area (Å²) in [6, 6.07) is 4.22. The highest BCUT2D eigenvalue weighted by atomic mass is 32.1. The van der Waals surface area contributed by atoms with Crippen LogP contribution in [0.15, 0.2) is 34.0 Å². The molecule has 3 aromatic heterocycles. The van der Waals surface area contributed by atoms with Crippen LogP contribution in [0.1, 0.15) is 19.5 Å². The number of nitrogens with zero attached hydrogens (tertiary/aromatic N) is 1. The van der Waals surface area contributed by atoms with E-state index in [4.69, 9.17) is 4.42 Å². The van der Waals surface area contributed by atoms with Gasteiger partial charge in [-0.2, -0.15) is 0 Å². The van der Waals surface area contributed by atoms with E-state index in [-0.39, 0.29) is 5.76 Å². The molecule has 0 fully saturated rings. The van der Waals surface area contributed by atoms with Crippen molar-refractivity contribution in [3.05, 3.63) is 54.8 Å². The minimum Gasteiger partial charge on any atom is -0.407 e. The highest BCUT2D eigenvalue weighted by Gasteiger charge is 2.23. The number of oxazole rings is 1. The average Bonchev–Trinajstić information content (AvgIpc) is 3.08. The number of rotatable bonds is 4. The molecule has 0 atom stereocenters. The number of allylic oxidation sites excluding steroid dienone is 1. The highest BCUT2D eigenvalue weighted by molar-refractivity contribution is 7.12. The van der Waals surface area contributed by atoms with Gasteiger partial charge in [0.2, 0.25) is 0 Å². The lowest BCUT2D eigenvalue weighted by Crippen LogP contribution is -2.14. The van der Waals surface area contributed by atoms with Gasteiger partial charge < -0.3 is 4.42 Å². The minimum atomic E-state index is -0.332. The van der Waals surface area contributed by atoms with Crippen molar-refractivity contribution >= 4 is 22.7 Å². The Hall–Kier alpha value is -1.85. The largest absolute Gasteiger partial charge is 0.420 e. The van der Waals surface area contributed by atoms with Crippen LogP contribution in [0.5, 0.6) is 0 Å². The summed E-state index contributed by atoms with van der Waals surface area (Å²) in [4.78, 5) is 17.2. The standard InChI is InChI=1S/C18H19NO2S2/c1-6-7-19-16(14-8-10(2)22-12(14)4)17(21-18(19)20)15-9-11(3)23-13(15)5/h6,8-9H,1,7H2,2-5H3. The number of hydrogen-bond acceptors (Lipinski definition) is 4. The second kappa shape index (κ2) is 5.98. The van der Waals surface area contributed by atoms with Crippen molar-refractivity contribution in [1.29, 1.82) is 0 Å². The first kappa shape index (κ1) is 16.0. The Labute approximate surface area is 143 Å². The summed E-state index contributed by atoms with van der Waals surface area (Å²) < 4.78 is 7.34. The lowest BCUT2D eigenvalue weighted by atomic mass is 10.1. The first-order valence-electron chi connectivity index (χ1n) is 7.41. The molecule has 120 valence electrons. The molecule has 3 nitrogen and oxygen atoms in total. The quantitative estimate of drug-likeness (QED) is 0.600. The van der Waals surface area contributed by atoms with Gasteiger partial charge in [0.05, 0.1) is 5.69 Å². The highest BCUT2D eigenvalue weighted by Crippen LogP contribution is 2.40. The van der Waals surface area contributed by atoms with Crippen LogP contribution in [0.2, 0.25) is 0 Å². The SMILES string of the molecule is C=CCn1c(-c2cc(C)sc2C)c(-c2cc(C)sc2C)oc1=O. The summed E-state index contributed by atoms with van der Waals surface area (Å²) in [7, 11) is 0. The summed E-state index contributed by atoms with van der Waals surface area (Å²) in [5.41, 5.74) is 2.93. The maximum absolute atomic E-state index is 12.4. The van der Waals surface area contributed by atoms with Crippen LogP contribution in [0.4, 0.5) is 0 Å². The van der Waals surface area contributed by atoms with Gasteiger partial charge in [-0.15, -0.1) is 29.3 Å². The van der Waals surface area contributed by atoms with Gasteiger partial charge in [-0.05, 0) is 39.8 Å². The number of aromatic nitrogens is 1. The van der Waals surface area contributed by atoms with Crippen molar-refractivity contribution in [3.63, 3.8) is 0 Å². The molecular weight excluding hydrogens is 326 g/mol. The Morgan fingerprint density at radius 2 is 1.65 bits per heavy atom. The maximum atomic E-state index is 12.4. The molecule has 23 heavy (non-hydrogen) atoms. The van der Waals surface area contributed by atoms with Crippen LogP contribution in [0.3, 0.4) is 0 Å². The van der Waals surface area contributed by atoms with Gasteiger partial charge in [-0.25, -0.2) is 4.79 Å². The normalized spacial score (nSPS) is 11.1. The smallest absolute Gasteiger partial charge is 0.407 e. The predicted octanol–water partition coefficient (Wildman–Crippen LogP) is 5.32. The molecule has 3 aromatic rings. The van der Waals surface area contributed by atoms with E-state index in [2.05, 4.69) is 46.4 Å². The summed E-state index contributed by atoms with van der Waals surface area (Å²) in [5, 5.41) is 0. The monoisotopic (exact) mass is 345 g/mol. The fourth-order valence-corrected chi connectivity index (χ4v) is 4.72. The van der Waals surface area contributed by atoms with Gasteiger partial charge in [-0.3, -0.25) is 4.57 Å². The molecular formula is C18H19NO2S2. The molecule has 0 aliphatic rings. The third kappa shape index (κ3) is 2.75. The Morgan fingerprint density at radius 1 is 1.09 bits per heavy atom. The van der Waals surface area contributed by atoms with Crippen LogP contribution < -0.4 is 5.76 Å². The van der Waals surface area contributed by atoms with Crippen molar-refractivity contribution < 1.29 is 4.42 Å². The lowest BCUT2D eigenvalue weighted by molar-refractivity contribution is 0.499. The first-order valence-corrected chi connectivity index (χ1v) is 9.05. The third-order valence-electron chi connectivity index (χ3n) is 3.79. The van der Waals surface area contributed by atoms with Gasteiger partial charge in [0.1, 0.15) is 0 Å². The molecule has 3 rings (SSSR count). The van der Waals surface area contributed by atoms with E-state index in [0.717, 1.165) is 21.7 Å². The zero-order valence-electron chi connectivity index (χ0n) is 13.7. The Morgan fingerprint density at radius 3 is 2.13 bits per heavy atom. The predicted molar refractivity (Wildman–Crippen MR) is 98.7 cm³/mol. The Balaban J connectivity index is 2.35. The molecule has 0 spiro atoms. The van der Waals surface area contributed by atoms with Gasteiger partial charge in [-0.1, -0.05) is 6.08 Å². The molecule has 0 N–H and O–H groups in total. The van der Waals surface area contributed by atoms with Crippen molar-refractivity contribution in [2.75, 3.05) is 0 Å². The fourth-order valence-electron chi connectivity index (χ4n) is 2.87. The summed E-state index contributed by atoms with van der Waals surface area (Å²) in [5.74, 6) is 0.334. The first-order chi connectivity index (χ1) is 10.9. The summed E-state index contributed by atoms with van der Waals surface area (Å²) >= 11 is 3.45. The fraction of sp³-hybridized carbons (Fsp3) is 0.278. The molecule has 5 heteroatoms. The number of aryl methyl sites for hydroxylation is 4. The minimum absolute atomic E-state index is 0.332. The summed E-state index contributed by atoms with van der Waals surface area (Å²) in [6.07, 6.45) is 1.73. The lowest BCUT2D eigenvalue weighted by Gasteiger charge is -2.06. The maximum Gasteiger partial charge on any atom is 0.420 e. The molecule has 0 amide bonds. The van der Waals surface area contributed by atoms with Gasteiger partial charge >= 0.3 is 5.76 Å². The second-order valence-electron chi connectivity index (χ2n) is 5.60. The molecule has 0 saturated heterocycles. The second-order valence-corrected chi connectivity index (χ2v) is 8.52. The van der Waals surface area contributed by atoms with Crippen LogP contribution in [0, 0.1) is 27.7 Å². The van der Waals surface area contributed by atoms with Crippen molar-refractivity contribution in [3.8, 4) is 22.6 Å². The molecule has 0 aliphatic heterocycles.